The van der Waals surface area contributed by atoms with Gasteiger partial charge in [-0.05, 0) is 17.2 Å². The fourth-order valence-electron chi connectivity index (χ4n) is 2.00. The third kappa shape index (κ3) is 2.13. The molecule has 2 saturated heterocycles. The third-order valence-electron chi connectivity index (χ3n) is 3.03. The molecule has 2 unspecified atom stereocenters. The molecule has 1 aromatic carbocycles. The lowest BCUT2D eigenvalue weighted by Gasteiger charge is -2.11. The van der Waals surface area contributed by atoms with Crippen molar-refractivity contribution in [3.05, 3.63) is 23.3 Å². The molecule has 4 nitrogen and oxygen atoms in total. The monoisotopic (exact) mass is 221 g/mol. The summed E-state index contributed by atoms with van der Waals surface area (Å²) < 4.78 is 10.4. The van der Waals surface area contributed by atoms with E-state index in [1.165, 1.54) is 0 Å². The van der Waals surface area contributed by atoms with E-state index in [0.717, 1.165) is 37.2 Å². The van der Waals surface area contributed by atoms with Crippen LogP contribution in [0.25, 0.3) is 0 Å². The first kappa shape index (κ1) is 9.93. The average molecular weight is 221 g/mol. The van der Waals surface area contributed by atoms with Crippen molar-refractivity contribution in [3.8, 4) is 5.75 Å². The Balaban J connectivity index is 1.89. The van der Waals surface area contributed by atoms with E-state index in [2.05, 4.69) is 0 Å². The number of epoxide rings is 2. The second-order valence-electron chi connectivity index (χ2n) is 4.50. The maximum atomic E-state index is 9.91. The summed E-state index contributed by atoms with van der Waals surface area (Å²) in [5, 5.41) is 9.91. The van der Waals surface area contributed by atoms with Gasteiger partial charge in [-0.2, -0.15) is 0 Å². The van der Waals surface area contributed by atoms with Crippen LogP contribution in [0.5, 0.6) is 5.75 Å². The lowest BCUT2D eigenvalue weighted by Crippen LogP contribution is -2.04. The maximum absolute atomic E-state index is 9.91. The van der Waals surface area contributed by atoms with Gasteiger partial charge >= 0.3 is 0 Å². The quantitative estimate of drug-likeness (QED) is 0.584. The van der Waals surface area contributed by atoms with Crippen molar-refractivity contribution in [2.45, 2.75) is 25.0 Å². The Bertz CT molecular complexity index is 411. The number of hydrogen-bond acceptors (Lipinski definition) is 4. The standard InChI is InChI=1S/C12H15NO3/c13-8-1-7(2-9-5-15-9)11(12(14)3-8)4-10-6-16-10/h1,3,9-10,14H,2,4-6,13H2. The molecule has 0 amide bonds. The van der Waals surface area contributed by atoms with Crippen LogP contribution in [0.1, 0.15) is 11.1 Å². The molecule has 3 rings (SSSR count). The minimum Gasteiger partial charge on any atom is -0.508 e. The van der Waals surface area contributed by atoms with Gasteiger partial charge in [-0.3, -0.25) is 0 Å². The first-order valence-electron chi connectivity index (χ1n) is 5.56. The van der Waals surface area contributed by atoms with Gasteiger partial charge in [0.15, 0.2) is 0 Å². The van der Waals surface area contributed by atoms with Gasteiger partial charge in [0.05, 0.1) is 25.4 Å². The van der Waals surface area contributed by atoms with Gasteiger partial charge < -0.3 is 20.3 Å². The highest BCUT2D eigenvalue weighted by molar-refractivity contribution is 5.53. The number of nitrogen functional groups attached to an aromatic ring is 1. The number of benzene rings is 1. The van der Waals surface area contributed by atoms with E-state index >= 15 is 0 Å². The van der Waals surface area contributed by atoms with Gasteiger partial charge in [-0.25, -0.2) is 0 Å². The molecule has 3 N–H and O–H groups in total. The molecule has 0 saturated carbocycles. The van der Waals surface area contributed by atoms with Gasteiger partial charge in [0.1, 0.15) is 5.75 Å². The summed E-state index contributed by atoms with van der Waals surface area (Å²) in [4.78, 5) is 0. The average Bonchev–Trinajstić information content (AvgIpc) is 3.06. The Kier molecular flexibility index (Phi) is 2.26. The van der Waals surface area contributed by atoms with E-state index in [4.69, 9.17) is 15.2 Å². The van der Waals surface area contributed by atoms with Crippen LogP contribution < -0.4 is 5.73 Å². The largest absolute Gasteiger partial charge is 0.508 e. The topological polar surface area (TPSA) is 71.3 Å². The molecule has 2 heterocycles. The van der Waals surface area contributed by atoms with E-state index in [1.807, 2.05) is 6.07 Å². The number of nitrogens with two attached hydrogens (primary N) is 1. The molecule has 1 aromatic rings. The van der Waals surface area contributed by atoms with Crippen molar-refractivity contribution in [1.82, 2.24) is 0 Å². The molecule has 2 fully saturated rings. The molecular formula is C12H15NO3. The van der Waals surface area contributed by atoms with Crippen molar-refractivity contribution >= 4 is 5.69 Å². The molecule has 4 heteroatoms. The lowest BCUT2D eigenvalue weighted by molar-refractivity contribution is 0.396. The predicted molar refractivity (Wildman–Crippen MR) is 59.4 cm³/mol. The Morgan fingerprint density at radius 3 is 2.44 bits per heavy atom. The van der Waals surface area contributed by atoms with Gasteiger partial charge in [0, 0.05) is 24.6 Å². The number of ether oxygens (including phenoxy) is 2. The number of anilines is 1. The van der Waals surface area contributed by atoms with Crippen LogP contribution >= 0.6 is 0 Å². The second-order valence-corrected chi connectivity index (χ2v) is 4.50. The summed E-state index contributed by atoms with van der Waals surface area (Å²) in [6.45, 7) is 1.61. The molecule has 2 atom stereocenters. The Morgan fingerprint density at radius 2 is 1.81 bits per heavy atom. The molecule has 2 aliphatic rings. The Labute approximate surface area is 94.0 Å². The summed E-state index contributed by atoms with van der Waals surface area (Å²) in [5.41, 5.74) is 8.40. The van der Waals surface area contributed by atoms with Gasteiger partial charge in [0.2, 0.25) is 0 Å². The molecule has 86 valence electrons. The lowest BCUT2D eigenvalue weighted by atomic mass is 9.97. The smallest absolute Gasteiger partial charge is 0.121 e. The van der Waals surface area contributed by atoms with Crippen LogP contribution in [0.3, 0.4) is 0 Å². The van der Waals surface area contributed by atoms with Crippen LogP contribution in [0.15, 0.2) is 12.1 Å². The SMILES string of the molecule is Nc1cc(O)c(CC2CO2)c(CC2CO2)c1. The van der Waals surface area contributed by atoms with E-state index in [1.54, 1.807) is 6.07 Å². The Hall–Kier alpha value is -1.26. The normalized spacial score (nSPS) is 26.8. The highest BCUT2D eigenvalue weighted by atomic mass is 16.6. The van der Waals surface area contributed by atoms with Crippen LogP contribution in [-0.2, 0) is 22.3 Å². The minimum atomic E-state index is 0.272. The first-order chi connectivity index (χ1) is 7.72. The molecule has 16 heavy (non-hydrogen) atoms. The Morgan fingerprint density at radius 1 is 1.19 bits per heavy atom. The fraction of sp³-hybridized carbons (Fsp3) is 0.500. The van der Waals surface area contributed by atoms with Crippen LogP contribution in [0, 0.1) is 0 Å². The first-order valence-corrected chi connectivity index (χ1v) is 5.56. The summed E-state index contributed by atoms with van der Waals surface area (Å²) in [7, 11) is 0. The molecule has 0 spiro atoms. The number of phenols is 1. The molecular weight excluding hydrogens is 206 g/mol. The summed E-state index contributed by atoms with van der Waals surface area (Å²) >= 11 is 0. The zero-order valence-corrected chi connectivity index (χ0v) is 8.98. The fourth-order valence-corrected chi connectivity index (χ4v) is 2.00. The van der Waals surface area contributed by atoms with Gasteiger partial charge in [-0.1, -0.05) is 0 Å². The number of hydrogen-bond donors (Lipinski definition) is 2. The molecule has 0 aliphatic carbocycles. The molecule has 0 bridgehead atoms. The molecule has 0 radical (unpaired) electrons. The van der Waals surface area contributed by atoms with Crippen molar-refractivity contribution in [2.75, 3.05) is 18.9 Å². The highest BCUT2D eigenvalue weighted by Crippen LogP contribution is 2.31. The van der Waals surface area contributed by atoms with Crippen molar-refractivity contribution in [2.24, 2.45) is 0 Å². The third-order valence-corrected chi connectivity index (χ3v) is 3.03. The zero-order valence-electron chi connectivity index (χ0n) is 8.98. The van der Waals surface area contributed by atoms with Crippen LogP contribution in [0.4, 0.5) is 5.69 Å². The van der Waals surface area contributed by atoms with E-state index < -0.39 is 0 Å². The number of rotatable bonds is 4. The van der Waals surface area contributed by atoms with Crippen molar-refractivity contribution < 1.29 is 14.6 Å². The van der Waals surface area contributed by atoms with E-state index in [9.17, 15) is 5.11 Å². The van der Waals surface area contributed by atoms with Gasteiger partial charge in [0.25, 0.3) is 0 Å². The number of aromatic hydroxyl groups is 1. The van der Waals surface area contributed by atoms with Crippen LogP contribution in [-0.4, -0.2) is 30.5 Å². The maximum Gasteiger partial charge on any atom is 0.121 e. The number of phenolic OH excluding ortho intramolecular Hbond substituents is 1. The molecule has 0 aromatic heterocycles. The molecule has 2 aliphatic heterocycles. The van der Waals surface area contributed by atoms with Crippen molar-refractivity contribution in [3.63, 3.8) is 0 Å². The summed E-state index contributed by atoms with van der Waals surface area (Å²) in [6.07, 6.45) is 2.18. The van der Waals surface area contributed by atoms with Gasteiger partial charge in [-0.15, -0.1) is 0 Å². The second kappa shape index (κ2) is 3.64. The minimum absolute atomic E-state index is 0.272. The van der Waals surface area contributed by atoms with Crippen molar-refractivity contribution in [1.29, 1.82) is 0 Å². The summed E-state index contributed by atoms with van der Waals surface area (Å²) in [6, 6.07) is 3.54. The highest BCUT2D eigenvalue weighted by Gasteiger charge is 2.28. The van der Waals surface area contributed by atoms with Crippen LogP contribution in [0.2, 0.25) is 0 Å². The van der Waals surface area contributed by atoms with E-state index in [0.29, 0.717) is 11.8 Å². The summed E-state index contributed by atoms with van der Waals surface area (Å²) in [5.74, 6) is 0.283. The van der Waals surface area contributed by atoms with E-state index in [-0.39, 0.29) is 11.9 Å². The zero-order chi connectivity index (χ0) is 11.1. The predicted octanol–water partition coefficient (Wildman–Crippen LogP) is 0.857.